The number of benzene rings is 1. The van der Waals surface area contributed by atoms with Crippen LogP contribution in [0, 0.1) is 56.7 Å². The lowest BCUT2D eigenvalue weighted by atomic mass is 9.33. The maximum absolute atomic E-state index is 13.8. The first kappa shape index (κ1) is 30.9. The van der Waals surface area contributed by atoms with Gasteiger partial charge in [-0.25, -0.2) is 0 Å². The van der Waals surface area contributed by atoms with E-state index in [4.69, 9.17) is 14.2 Å². The molecule has 242 valence electrons. The first-order chi connectivity index (χ1) is 20.7. The zero-order valence-corrected chi connectivity index (χ0v) is 28.3. The molecule has 0 amide bonds. The molecule has 5 heteroatoms. The van der Waals surface area contributed by atoms with Crippen molar-refractivity contribution in [1.29, 1.82) is 0 Å². The van der Waals surface area contributed by atoms with Crippen LogP contribution in [-0.4, -0.2) is 36.2 Å². The lowest BCUT2D eigenvalue weighted by Crippen LogP contribution is -2.69. The van der Waals surface area contributed by atoms with Crippen molar-refractivity contribution in [3.8, 4) is 0 Å². The summed E-state index contributed by atoms with van der Waals surface area (Å²) in [4.78, 5) is 13.8. The second kappa shape index (κ2) is 10.2. The first-order valence-electron chi connectivity index (χ1n) is 17.6. The van der Waals surface area contributed by atoms with Gasteiger partial charge in [0, 0.05) is 17.8 Å². The Morgan fingerprint density at radius 2 is 1.61 bits per heavy atom. The minimum absolute atomic E-state index is 0.00239. The fourth-order valence-corrected chi connectivity index (χ4v) is 12.7. The summed E-state index contributed by atoms with van der Waals surface area (Å²) in [5, 5.41) is 12.3. The second-order valence-corrected chi connectivity index (χ2v) is 17.7. The van der Waals surface area contributed by atoms with E-state index in [0.717, 1.165) is 56.9 Å². The summed E-state index contributed by atoms with van der Waals surface area (Å²) in [6, 6.07) is 10.0. The highest BCUT2D eigenvalue weighted by Gasteiger charge is 2.72. The third-order valence-electron chi connectivity index (χ3n) is 14.8. The number of allylic oxidation sites excluding steroid dienone is 1. The highest BCUT2D eigenvalue weighted by Crippen LogP contribution is 2.76. The van der Waals surface area contributed by atoms with E-state index in [1.807, 2.05) is 30.3 Å². The zero-order valence-electron chi connectivity index (χ0n) is 28.3. The molecule has 5 nitrogen and oxygen atoms in total. The van der Waals surface area contributed by atoms with Gasteiger partial charge in [-0.15, -0.1) is 0 Å². The van der Waals surface area contributed by atoms with E-state index in [1.165, 1.54) is 5.57 Å². The molecule has 1 heterocycles. The average molecular weight is 605 g/mol. The maximum atomic E-state index is 13.8. The summed E-state index contributed by atoms with van der Waals surface area (Å²) in [5.41, 5.74) is 2.37. The van der Waals surface area contributed by atoms with Gasteiger partial charge in [0.2, 0.25) is 0 Å². The molecule has 44 heavy (non-hydrogen) atoms. The van der Waals surface area contributed by atoms with Crippen LogP contribution in [0.1, 0.15) is 105 Å². The lowest BCUT2D eigenvalue weighted by molar-refractivity contribution is -0.312. The molecule has 6 aliphatic rings. The molecule has 4 saturated carbocycles. The molecule has 9 atom stereocenters. The van der Waals surface area contributed by atoms with Crippen LogP contribution in [0.3, 0.4) is 0 Å². The molecular weight excluding hydrogens is 548 g/mol. The Kier molecular flexibility index (Phi) is 7.14. The Morgan fingerprint density at radius 3 is 2.32 bits per heavy atom. The summed E-state index contributed by atoms with van der Waals surface area (Å²) >= 11 is 0. The smallest absolute Gasteiger partial charge is 0.309 e. The molecule has 0 aromatic heterocycles. The Labute approximate surface area is 265 Å². The average Bonchev–Trinajstić information content (AvgIpc) is 3.46. The van der Waals surface area contributed by atoms with Gasteiger partial charge < -0.3 is 19.3 Å². The van der Waals surface area contributed by atoms with Crippen LogP contribution in [0.2, 0.25) is 0 Å². The summed E-state index contributed by atoms with van der Waals surface area (Å²) < 4.78 is 18.8. The number of rotatable bonds is 3. The van der Waals surface area contributed by atoms with E-state index < -0.39 is 11.9 Å². The normalized spacial score (nSPS) is 44.9. The van der Waals surface area contributed by atoms with Gasteiger partial charge in [-0.1, -0.05) is 90.4 Å². The van der Waals surface area contributed by atoms with Crippen LogP contribution < -0.4 is 0 Å². The molecule has 4 unspecified atom stereocenters. The van der Waals surface area contributed by atoms with Crippen molar-refractivity contribution in [3.63, 3.8) is 0 Å². The molecule has 1 aliphatic heterocycles. The Bertz CT molecular complexity index is 1310. The van der Waals surface area contributed by atoms with Gasteiger partial charge in [-0.05, 0) is 89.9 Å². The Morgan fingerprint density at radius 1 is 0.909 bits per heavy atom. The molecule has 0 bridgehead atoms. The quantitative estimate of drug-likeness (QED) is 0.279. The molecule has 5 fully saturated rings. The number of aliphatic hydroxyl groups is 1. The number of esters is 1. The molecule has 0 radical (unpaired) electrons. The first-order valence-corrected chi connectivity index (χ1v) is 17.6. The van der Waals surface area contributed by atoms with E-state index in [-0.39, 0.29) is 50.8 Å². The largest absolute Gasteiger partial charge is 0.461 e. The van der Waals surface area contributed by atoms with Gasteiger partial charge in [0.1, 0.15) is 6.61 Å². The highest BCUT2D eigenvalue weighted by molar-refractivity contribution is 5.73. The summed E-state index contributed by atoms with van der Waals surface area (Å²) in [6.07, 6.45) is 10.0. The van der Waals surface area contributed by atoms with E-state index in [1.54, 1.807) is 0 Å². The zero-order chi connectivity index (χ0) is 31.3. The lowest BCUT2D eigenvalue weighted by Gasteiger charge is -2.72. The van der Waals surface area contributed by atoms with E-state index in [2.05, 4.69) is 54.5 Å². The minimum Gasteiger partial charge on any atom is -0.461 e. The number of fused-ring (bicyclic) bond motifs is 7. The fourth-order valence-electron chi connectivity index (χ4n) is 12.7. The Hall–Kier alpha value is -1.69. The van der Waals surface area contributed by atoms with Crippen LogP contribution in [0.25, 0.3) is 0 Å². The molecule has 1 aromatic carbocycles. The standard InChI is InChI=1S/C39H56O5/c1-34(2)22-27-26(28(23-34)33(41)42-24-25-11-9-8-10-12-25)13-15-37(6)29(27)21-30(40)32-36(5)17-18-39(43-19-20-44-39)35(3,4)31(36)14-16-38(32,37)7/h8-12,21,26-28,30-32,40H,13-20,22-24H2,1-7H3/t26?,27?,28-,30+,31?,32?,36+,37-,38-/m1/s1. The van der Waals surface area contributed by atoms with Gasteiger partial charge in [-0.3, -0.25) is 4.79 Å². The van der Waals surface area contributed by atoms with Crippen molar-refractivity contribution in [2.24, 2.45) is 56.7 Å². The minimum atomic E-state index is -0.495. The number of hydrogen-bond acceptors (Lipinski definition) is 5. The summed E-state index contributed by atoms with van der Waals surface area (Å²) in [6.45, 7) is 18.6. The van der Waals surface area contributed by atoms with Crippen molar-refractivity contribution in [2.75, 3.05) is 13.2 Å². The van der Waals surface area contributed by atoms with Crippen LogP contribution >= 0.6 is 0 Å². The fraction of sp³-hybridized carbons (Fsp3) is 0.769. The van der Waals surface area contributed by atoms with Crippen molar-refractivity contribution < 1.29 is 24.1 Å². The molecule has 5 aliphatic carbocycles. The topological polar surface area (TPSA) is 65.0 Å². The van der Waals surface area contributed by atoms with Crippen molar-refractivity contribution in [1.82, 2.24) is 0 Å². The van der Waals surface area contributed by atoms with Crippen LogP contribution in [-0.2, 0) is 25.6 Å². The van der Waals surface area contributed by atoms with E-state index in [9.17, 15) is 9.90 Å². The molecule has 1 N–H and O–H groups in total. The van der Waals surface area contributed by atoms with Crippen LogP contribution in [0.5, 0.6) is 0 Å². The number of carbonyl (C=O) groups excluding carboxylic acids is 1. The summed E-state index contributed by atoms with van der Waals surface area (Å²) in [7, 11) is 0. The maximum Gasteiger partial charge on any atom is 0.309 e. The third-order valence-corrected chi connectivity index (χ3v) is 14.8. The van der Waals surface area contributed by atoms with Gasteiger partial charge in [0.05, 0.1) is 25.2 Å². The van der Waals surface area contributed by atoms with Crippen molar-refractivity contribution >= 4 is 5.97 Å². The molecule has 1 spiro atoms. The van der Waals surface area contributed by atoms with Gasteiger partial charge >= 0.3 is 5.97 Å². The molecule has 1 aromatic rings. The molecular formula is C39H56O5. The van der Waals surface area contributed by atoms with Gasteiger partial charge in [-0.2, -0.15) is 0 Å². The van der Waals surface area contributed by atoms with Crippen molar-refractivity contribution in [3.05, 3.63) is 47.5 Å². The van der Waals surface area contributed by atoms with Gasteiger partial charge in [0.25, 0.3) is 0 Å². The number of ether oxygens (including phenoxy) is 3. The van der Waals surface area contributed by atoms with Crippen molar-refractivity contribution in [2.45, 2.75) is 118 Å². The van der Waals surface area contributed by atoms with Crippen LogP contribution in [0.4, 0.5) is 0 Å². The predicted octanol–water partition coefficient (Wildman–Crippen LogP) is 8.10. The SMILES string of the molecule is CC1(C)CC2C3=C[C@H](O)C4[C@@]5(C)CCC6(OCCO6)C(C)(C)C5CC[C@@]4(C)[C@]3(C)CCC2[C@H](C(=O)OCc2ccccc2)C1. The molecule has 1 saturated heterocycles. The third kappa shape index (κ3) is 4.23. The van der Waals surface area contributed by atoms with E-state index in [0.29, 0.717) is 31.7 Å². The van der Waals surface area contributed by atoms with Crippen LogP contribution in [0.15, 0.2) is 42.0 Å². The number of aliphatic hydroxyl groups excluding tert-OH is 1. The monoisotopic (exact) mass is 604 g/mol. The molecule has 7 rings (SSSR count). The number of carbonyl (C=O) groups is 1. The predicted molar refractivity (Wildman–Crippen MR) is 171 cm³/mol. The summed E-state index contributed by atoms with van der Waals surface area (Å²) in [5.74, 6) is 0.540. The second-order valence-electron chi connectivity index (χ2n) is 17.7. The van der Waals surface area contributed by atoms with Gasteiger partial charge in [0.15, 0.2) is 5.79 Å². The van der Waals surface area contributed by atoms with E-state index >= 15 is 0 Å². The number of hydrogen-bond donors (Lipinski definition) is 1. The Balaban J connectivity index is 1.21. The highest BCUT2D eigenvalue weighted by atomic mass is 16.7.